The number of rotatable bonds is 6. The highest BCUT2D eigenvalue weighted by Gasteiger charge is 2.52. The first-order valence-electron chi connectivity index (χ1n) is 26.6. The predicted molar refractivity (Wildman–Crippen MR) is 304 cm³/mol. The number of fused-ring (bicyclic) bond motifs is 12. The van der Waals surface area contributed by atoms with Gasteiger partial charge in [0.15, 0.2) is 0 Å². The Morgan fingerprint density at radius 2 is 0.814 bits per heavy atom. The van der Waals surface area contributed by atoms with Crippen LogP contribution >= 0.6 is 11.8 Å². The molecule has 0 radical (unpaired) electrons. The van der Waals surface area contributed by atoms with Crippen LogP contribution in [-0.4, -0.2) is 20.1 Å². The number of hydrogen-bond donors (Lipinski definition) is 0. The fourth-order valence-electron chi connectivity index (χ4n) is 12.7. The lowest BCUT2D eigenvalue weighted by Gasteiger charge is -2.51. The molecule has 0 amide bonds. The van der Waals surface area contributed by atoms with Gasteiger partial charge in [-0.15, -0.1) is 0 Å². The maximum atomic E-state index is 11.1. The second-order valence-corrected chi connectivity index (χ2v) is 21.7. The molecule has 14 rings (SSSR count). The molecule has 7 heteroatoms. The largest absolute Gasteiger partial charge is 0.312 e. The predicted octanol–water partition coefficient (Wildman–Crippen LogP) is 10.7. The van der Waals surface area contributed by atoms with E-state index in [-0.39, 0.29) is 37.9 Å². The molecular formula is C63H52B3N3S. The monoisotopic (exact) mass is 918 g/mol. The third kappa shape index (κ3) is 5.88. The van der Waals surface area contributed by atoms with Crippen LogP contribution in [-0.2, 0) is 0 Å². The minimum Gasteiger partial charge on any atom is -0.312 e. The average Bonchev–Trinajstić information content (AvgIpc) is 3.41. The molecule has 334 valence electrons. The van der Waals surface area contributed by atoms with Gasteiger partial charge in [-0.1, -0.05) is 197 Å². The molecule has 0 aromatic heterocycles. The summed E-state index contributed by atoms with van der Waals surface area (Å²) in [4.78, 5) is 9.68. The van der Waals surface area contributed by atoms with Crippen LogP contribution in [0.1, 0.15) is 80.1 Å². The summed E-state index contributed by atoms with van der Waals surface area (Å²) in [7, 11) is 0. The maximum Gasteiger partial charge on any atom is 0.252 e. The van der Waals surface area contributed by atoms with E-state index in [1.165, 1.54) is 48.8 Å². The fourth-order valence-corrected chi connectivity index (χ4v) is 13.8. The third-order valence-corrected chi connectivity index (χ3v) is 16.8. The van der Waals surface area contributed by atoms with Crippen LogP contribution in [0.3, 0.4) is 0 Å². The fraction of sp³-hybridized carbons (Fsp3) is 0.143. The molecule has 5 aliphatic rings. The van der Waals surface area contributed by atoms with Gasteiger partial charge in [0.1, 0.15) is 0 Å². The number of para-hydroxylation sites is 5. The number of nitrogens with zero attached hydrogens (tertiary/aromatic N) is 3. The normalized spacial score (nSPS) is 14.9. The molecule has 0 N–H and O–H groups in total. The van der Waals surface area contributed by atoms with Gasteiger partial charge in [-0.3, -0.25) is 0 Å². The molecule has 5 heterocycles. The summed E-state index contributed by atoms with van der Waals surface area (Å²) in [6.07, 6.45) is 0. The number of benzene rings is 9. The first-order chi connectivity index (χ1) is 35.5. The van der Waals surface area contributed by atoms with E-state index in [0.29, 0.717) is 18.1 Å². The van der Waals surface area contributed by atoms with Crippen molar-refractivity contribution in [3.8, 4) is 0 Å². The lowest BCUT2D eigenvalue weighted by atomic mass is 9.28. The minimum absolute atomic E-state index is 0.0426. The van der Waals surface area contributed by atoms with Gasteiger partial charge in [-0.2, -0.15) is 0 Å². The molecule has 3 nitrogen and oxygen atoms in total. The Balaban J connectivity index is 1.14. The van der Waals surface area contributed by atoms with E-state index in [1.54, 1.807) is 0 Å². The topological polar surface area (TPSA) is 9.72 Å². The lowest BCUT2D eigenvalue weighted by molar-refractivity contribution is 0.812. The van der Waals surface area contributed by atoms with Crippen LogP contribution in [0.2, 0.25) is 0 Å². The highest BCUT2D eigenvalue weighted by molar-refractivity contribution is 8.00. The molecule has 70 heavy (non-hydrogen) atoms. The Hall–Kier alpha value is -7.08. The number of anilines is 9. The van der Waals surface area contributed by atoms with Crippen molar-refractivity contribution in [2.45, 2.75) is 69.1 Å². The second kappa shape index (κ2) is 15.7. The van der Waals surface area contributed by atoms with E-state index < -0.39 is 0 Å². The first-order valence-corrected chi connectivity index (χ1v) is 26.0. The molecule has 0 aliphatic carbocycles. The summed E-state index contributed by atoms with van der Waals surface area (Å²) in [5.74, 6) is 0.161. The number of hydrogen-bond acceptors (Lipinski definition) is 4. The summed E-state index contributed by atoms with van der Waals surface area (Å²) in [6, 6.07) is 63.6. The Kier molecular flexibility index (Phi) is 8.70. The van der Waals surface area contributed by atoms with Crippen molar-refractivity contribution < 1.29 is 4.11 Å². The van der Waals surface area contributed by atoms with E-state index in [9.17, 15) is 4.11 Å². The van der Waals surface area contributed by atoms with E-state index in [0.717, 1.165) is 78.0 Å². The van der Waals surface area contributed by atoms with Crippen LogP contribution in [0.4, 0.5) is 51.2 Å². The van der Waals surface area contributed by atoms with Crippen LogP contribution in [0.15, 0.2) is 198 Å². The molecule has 0 atom stereocenters. The van der Waals surface area contributed by atoms with E-state index in [1.807, 2.05) is 11.8 Å². The van der Waals surface area contributed by atoms with Crippen LogP contribution in [0.25, 0.3) is 0 Å². The summed E-state index contributed by atoms with van der Waals surface area (Å²) < 4.78 is 31.1. The molecule has 5 aliphatic heterocycles. The first kappa shape index (κ1) is 38.7. The van der Waals surface area contributed by atoms with Gasteiger partial charge < -0.3 is 14.7 Å². The van der Waals surface area contributed by atoms with Gasteiger partial charge >= 0.3 is 0 Å². The molecule has 9 aromatic carbocycles. The maximum absolute atomic E-state index is 11.1. The smallest absolute Gasteiger partial charge is 0.252 e. The van der Waals surface area contributed by atoms with Gasteiger partial charge in [0.05, 0.1) is 4.11 Å². The van der Waals surface area contributed by atoms with Gasteiger partial charge in [0, 0.05) is 61.0 Å². The Morgan fingerprint density at radius 3 is 1.34 bits per heavy atom. The molecule has 0 saturated carbocycles. The van der Waals surface area contributed by atoms with Gasteiger partial charge in [-0.25, -0.2) is 0 Å². The molecule has 0 fully saturated rings. The third-order valence-electron chi connectivity index (χ3n) is 15.6. The van der Waals surface area contributed by atoms with E-state index in [4.69, 9.17) is 0 Å². The SMILES string of the molecule is [2H]c1c(C(C)C)c([2H])c(C(C)C)c(B2c3ccccc3Sc3cc4c(cc32)B2c3ccccc3N3c5ccccc5B5c6ccccc6N(c6ccccc6)c6c([2H])c(c2c3c65)N4c2ccccc2)c1C(C)C. The second-order valence-electron chi connectivity index (χ2n) is 20.6. The zero-order valence-corrected chi connectivity index (χ0v) is 41.2. The van der Waals surface area contributed by atoms with Crippen LogP contribution in [0, 0.1) is 0 Å². The van der Waals surface area contributed by atoms with Crippen molar-refractivity contribution in [3.63, 3.8) is 0 Å². The minimum atomic E-state index is -0.223. The molecular weight excluding hydrogens is 863 g/mol. The van der Waals surface area contributed by atoms with Crippen LogP contribution in [0.5, 0.6) is 0 Å². The standard InChI is InChI=1S/C63H52B3N3S/c1-38(2)41-33-44(39(3)4)60(45(34-41)40(5)6)66-49-28-16-20-32-58(49)70-59-37-55-50(35-51(59)66)65-48-27-15-19-31-54(48)69-53-30-18-14-26-47(53)64-46-25-13-17-29-52(46)67(42-21-9-7-10-22-42)56-36-57(62(65)63(69)61(56)64)68(55)43-23-11-8-12-24-43/h7-40H,1-6H3/i33D,34D,36D. The summed E-state index contributed by atoms with van der Waals surface area (Å²) in [5, 5.41) is 0. The highest BCUT2D eigenvalue weighted by atomic mass is 32.2. The Morgan fingerprint density at radius 1 is 0.371 bits per heavy atom. The van der Waals surface area contributed by atoms with E-state index >= 15 is 0 Å². The van der Waals surface area contributed by atoms with Crippen LogP contribution < -0.4 is 63.9 Å². The summed E-state index contributed by atoms with van der Waals surface area (Å²) >= 11 is 1.82. The highest BCUT2D eigenvalue weighted by Crippen LogP contribution is 2.50. The van der Waals surface area contributed by atoms with Gasteiger partial charge in [0.25, 0.3) is 13.4 Å². The lowest BCUT2D eigenvalue weighted by Crippen LogP contribution is -2.69. The molecule has 0 spiro atoms. The molecule has 0 unspecified atom stereocenters. The molecule has 0 bridgehead atoms. The quantitative estimate of drug-likeness (QED) is 0.154. The average molecular weight is 919 g/mol. The van der Waals surface area contributed by atoms with Gasteiger partial charge in [-0.05, 0) is 128 Å². The Labute approximate surface area is 422 Å². The van der Waals surface area contributed by atoms with E-state index in [2.05, 4.69) is 226 Å². The van der Waals surface area contributed by atoms with Crippen molar-refractivity contribution >= 4 is 132 Å². The van der Waals surface area contributed by atoms with Gasteiger partial charge in [0.2, 0.25) is 6.71 Å². The van der Waals surface area contributed by atoms with Crippen molar-refractivity contribution in [1.82, 2.24) is 0 Å². The summed E-state index contributed by atoms with van der Waals surface area (Å²) in [6.45, 7) is 12.7. The van der Waals surface area contributed by atoms with Crippen molar-refractivity contribution in [3.05, 3.63) is 205 Å². The van der Waals surface area contributed by atoms with Crippen molar-refractivity contribution in [2.24, 2.45) is 0 Å². The molecule has 0 saturated heterocycles. The molecule has 9 aromatic rings. The Bertz CT molecular complexity index is 3760. The summed E-state index contributed by atoms with van der Waals surface area (Å²) in [5.41, 5.74) is 23.2. The zero-order chi connectivity index (χ0) is 49.7. The van der Waals surface area contributed by atoms with Crippen molar-refractivity contribution in [1.29, 1.82) is 0 Å². The zero-order valence-electron chi connectivity index (χ0n) is 43.4. The van der Waals surface area contributed by atoms with Crippen molar-refractivity contribution in [2.75, 3.05) is 14.7 Å².